The predicted molar refractivity (Wildman–Crippen MR) is 57.9 cm³/mol. The predicted octanol–water partition coefficient (Wildman–Crippen LogP) is 3.33. The van der Waals surface area contributed by atoms with Gasteiger partial charge in [-0.1, -0.05) is 27.7 Å². The summed E-state index contributed by atoms with van der Waals surface area (Å²) in [5.41, 5.74) is 0. The summed E-state index contributed by atoms with van der Waals surface area (Å²) in [5, 5.41) is 1.47. The SMILES string of the molecule is CC(C)S1(C(C)C)CCCCO1. The minimum absolute atomic E-state index is 0.731. The zero-order valence-electron chi connectivity index (χ0n) is 8.80. The molecule has 0 radical (unpaired) electrons. The summed E-state index contributed by atoms with van der Waals surface area (Å²) in [6, 6.07) is 0. The molecule has 1 heterocycles. The Morgan fingerprint density at radius 1 is 1.00 bits per heavy atom. The van der Waals surface area contributed by atoms with Crippen molar-refractivity contribution >= 4 is 10.3 Å². The number of rotatable bonds is 2. The third kappa shape index (κ3) is 1.80. The summed E-state index contributed by atoms with van der Waals surface area (Å²) in [4.78, 5) is 0. The van der Waals surface area contributed by atoms with Gasteiger partial charge in [0, 0.05) is 10.5 Å². The standard InChI is InChI=1S/C10H22OS/c1-9(2)12(10(3)4)8-6-5-7-11-12/h9-10H,5-8H2,1-4H3. The quantitative estimate of drug-likeness (QED) is 0.649. The van der Waals surface area contributed by atoms with E-state index in [1.54, 1.807) is 0 Å². The van der Waals surface area contributed by atoms with E-state index < -0.39 is 10.3 Å². The van der Waals surface area contributed by atoms with Crippen molar-refractivity contribution in [2.75, 3.05) is 12.4 Å². The van der Waals surface area contributed by atoms with E-state index in [4.69, 9.17) is 4.18 Å². The summed E-state index contributed by atoms with van der Waals surface area (Å²) in [6.07, 6.45) is 2.65. The van der Waals surface area contributed by atoms with Gasteiger partial charge in [-0.25, -0.2) is 0 Å². The minimum Gasteiger partial charge on any atom is -0.336 e. The molecular weight excluding hydrogens is 168 g/mol. The highest BCUT2D eigenvalue weighted by atomic mass is 32.3. The van der Waals surface area contributed by atoms with E-state index in [1.807, 2.05) is 0 Å². The molecule has 1 aliphatic heterocycles. The fourth-order valence-corrected chi connectivity index (χ4v) is 5.77. The van der Waals surface area contributed by atoms with Crippen molar-refractivity contribution in [2.45, 2.75) is 51.0 Å². The van der Waals surface area contributed by atoms with E-state index in [0.717, 1.165) is 17.1 Å². The molecule has 0 aliphatic carbocycles. The van der Waals surface area contributed by atoms with Gasteiger partial charge in [-0.05, 0) is 18.6 Å². The largest absolute Gasteiger partial charge is 0.336 e. The average Bonchev–Trinajstić information content (AvgIpc) is 2.05. The first-order valence-corrected chi connectivity index (χ1v) is 6.88. The van der Waals surface area contributed by atoms with Gasteiger partial charge in [0.05, 0.1) is 6.61 Å². The first kappa shape index (κ1) is 10.4. The Morgan fingerprint density at radius 2 is 1.58 bits per heavy atom. The Morgan fingerprint density at radius 3 is 1.83 bits per heavy atom. The van der Waals surface area contributed by atoms with Crippen LogP contribution in [-0.2, 0) is 4.18 Å². The normalized spacial score (nSPS) is 26.2. The van der Waals surface area contributed by atoms with Gasteiger partial charge in [-0.2, -0.15) is 0 Å². The lowest BCUT2D eigenvalue weighted by atomic mass is 10.4. The average molecular weight is 190 g/mol. The molecule has 12 heavy (non-hydrogen) atoms. The molecule has 0 N–H and O–H groups in total. The van der Waals surface area contributed by atoms with Crippen LogP contribution < -0.4 is 0 Å². The second-order valence-electron chi connectivity index (χ2n) is 4.11. The molecule has 0 aromatic heterocycles. The van der Waals surface area contributed by atoms with E-state index >= 15 is 0 Å². The maximum absolute atomic E-state index is 6.07. The summed E-state index contributed by atoms with van der Waals surface area (Å²) in [5.74, 6) is 1.34. The van der Waals surface area contributed by atoms with Crippen LogP contribution in [0.1, 0.15) is 40.5 Å². The Balaban J connectivity index is 2.70. The van der Waals surface area contributed by atoms with E-state index in [1.165, 1.54) is 18.6 Å². The maximum atomic E-state index is 6.07. The maximum Gasteiger partial charge on any atom is 0.0593 e. The molecule has 0 spiro atoms. The van der Waals surface area contributed by atoms with Crippen LogP contribution in [0.15, 0.2) is 0 Å². The van der Waals surface area contributed by atoms with Gasteiger partial charge in [0.25, 0.3) is 0 Å². The van der Waals surface area contributed by atoms with Crippen molar-refractivity contribution in [1.82, 2.24) is 0 Å². The van der Waals surface area contributed by atoms with Crippen LogP contribution in [-0.4, -0.2) is 22.9 Å². The third-order valence-electron chi connectivity index (χ3n) is 2.76. The van der Waals surface area contributed by atoms with E-state index in [-0.39, 0.29) is 0 Å². The fraction of sp³-hybridized carbons (Fsp3) is 1.00. The summed E-state index contributed by atoms with van der Waals surface area (Å²) >= 11 is 0. The van der Waals surface area contributed by atoms with Gasteiger partial charge < -0.3 is 4.18 Å². The lowest BCUT2D eigenvalue weighted by molar-refractivity contribution is 0.319. The van der Waals surface area contributed by atoms with Crippen LogP contribution >= 0.6 is 10.3 Å². The minimum atomic E-state index is -0.731. The highest BCUT2D eigenvalue weighted by molar-refractivity contribution is 8.30. The highest BCUT2D eigenvalue weighted by Gasteiger charge is 2.33. The lowest BCUT2D eigenvalue weighted by Gasteiger charge is -2.49. The fourth-order valence-electron chi connectivity index (χ4n) is 1.99. The molecule has 1 nitrogen and oxygen atoms in total. The van der Waals surface area contributed by atoms with Crippen LogP contribution in [0.3, 0.4) is 0 Å². The van der Waals surface area contributed by atoms with Crippen LogP contribution in [0.5, 0.6) is 0 Å². The monoisotopic (exact) mass is 190 g/mol. The van der Waals surface area contributed by atoms with Gasteiger partial charge >= 0.3 is 0 Å². The van der Waals surface area contributed by atoms with E-state index in [0.29, 0.717) is 0 Å². The second kappa shape index (κ2) is 4.01. The van der Waals surface area contributed by atoms with Crippen LogP contribution in [0.25, 0.3) is 0 Å². The second-order valence-corrected chi connectivity index (χ2v) is 8.20. The first-order valence-electron chi connectivity index (χ1n) is 5.02. The molecule has 0 aromatic carbocycles. The molecule has 0 aromatic rings. The number of hydrogen-bond acceptors (Lipinski definition) is 1. The molecule has 1 aliphatic rings. The molecule has 0 amide bonds. The molecule has 0 bridgehead atoms. The van der Waals surface area contributed by atoms with Crippen molar-refractivity contribution in [1.29, 1.82) is 0 Å². The summed E-state index contributed by atoms with van der Waals surface area (Å²) in [7, 11) is -0.731. The molecule has 0 unspecified atom stereocenters. The molecular formula is C10H22OS. The van der Waals surface area contributed by atoms with Gasteiger partial charge in [-0.15, -0.1) is 10.3 Å². The molecule has 1 rings (SSSR count). The van der Waals surface area contributed by atoms with Crippen molar-refractivity contribution < 1.29 is 4.18 Å². The third-order valence-corrected chi connectivity index (χ3v) is 7.48. The van der Waals surface area contributed by atoms with Crippen molar-refractivity contribution in [3.63, 3.8) is 0 Å². The molecule has 2 heteroatoms. The Labute approximate surface area is 78.4 Å². The molecule has 0 saturated carbocycles. The lowest BCUT2D eigenvalue weighted by Crippen LogP contribution is -2.29. The smallest absolute Gasteiger partial charge is 0.0593 e. The number of hydrogen-bond donors (Lipinski definition) is 0. The van der Waals surface area contributed by atoms with E-state index in [9.17, 15) is 0 Å². The zero-order valence-corrected chi connectivity index (χ0v) is 9.62. The first-order chi connectivity index (χ1) is 5.59. The highest BCUT2D eigenvalue weighted by Crippen LogP contribution is 2.59. The van der Waals surface area contributed by atoms with Gasteiger partial charge in [0.1, 0.15) is 0 Å². The van der Waals surface area contributed by atoms with Crippen LogP contribution in [0, 0.1) is 0 Å². The van der Waals surface area contributed by atoms with E-state index in [2.05, 4.69) is 27.7 Å². The Bertz CT molecular complexity index is 127. The van der Waals surface area contributed by atoms with Gasteiger partial charge in [-0.3, -0.25) is 0 Å². The molecule has 0 atom stereocenters. The zero-order chi connectivity index (χ0) is 9.19. The molecule has 1 saturated heterocycles. The van der Waals surface area contributed by atoms with Crippen molar-refractivity contribution in [3.8, 4) is 0 Å². The summed E-state index contributed by atoms with van der Waals surface area (Å²) < 4.78 is 6.07. The molecule has 74 valence electrons. The summed E-state index contributed by atoms with van der Waals surface area (Å²) in [6.45, 7) is 10.3. The Kier molecular flexibility index (Phi) is 3.47. The van der Waals surface area contributed by atoms with Crippen molar-refractivity contribution in [2.24, 2.45) is 0 Å². The van der Waals surface area contributed by atoms with Crippen molar-refractivity contribution in [3.05, 3.63) is 0 Å². The molecule has 1 fully saturated rings. The van der Waals surface area contributed by atoms with Crippen LogP contribution in [0.2, 0.25) is 0 Å². The topological polar surface area (TPSA) is 9.23 Å². The van der Waals surface area contributed by atoms with Gasteiger partial charge in [0.15, 0.2) is 0 Å². The Hall–Kier alpha value is 0.310. The van der Waals surface area contributed by atoms with Gasteiger partial charge in [0.2, 0.25) is 0 Å². The van der Waals surface area contributed by atoms with Crippen LogP contribution in [0.4, 0.5) is 0 Å².